The Kier molecular flexibility index (Phi) is 5.17. The molecule has 1 N–H and O–H groups in total. The second-order valence-corrected chi connectivity index (χ2v) is 9.65. The van der Waals surface area contributed by atoms with Crippen LogP contribution in [0.1, 0.15) is 41.2 Å². The maximum atomic E-state index is 12.7. The molecule has 2 aromatic heterocycles. The van der Waals surface area contributed by atoms with Gasteiger partial charge < -0.3 is 15.0 Å². The monoisotopic (exact) mass is 414 g/mol. The molecule has 154 valence electrons. The molecule has 1 aliphatic heterocycles. The van der Waals surface area contributed by atoms with Gasteiger partial charge in [0, 0.05) is 32.1 Å². The lowest BCUT2D eigenvalue weighted by Crippen LogP contribution is -2.50. The van der Waals surface area contributed by atoms with Crippen molar-refractivity contribution in [2.75, 3.05) is 24.6 Å². The first-order valence-electron chi connectivity index (χ1n) is 10.4. The van der Waals surface area contributed by atoms with Crippen molar-refractivity contribution in [1.82, 2.24) is 25.5 Å². The van der Waals surface area contributed by atoms with Gasteiger partial charge in [-0.1, -0.05) is 11.3 Å². The predicted octanol–water partition coefficient (Wildman–Crippen LogP) is 2.08. The number of nitrogens with one attached hydrogen (secondary N) is 1. The molecule has 0 aromatic carbocycles. The summed E-state index contributed by atoms with van der Waals surface area (Å²) in [5.41, 5.74) is 0.355. The van der Waals surface area contributed by atoms with Gasteiger partial charge in [0.05, 0.1) is 18.3 Å². The number of amides is 1. The van der Waals surface area contributed by atoms with Crippen molar-refractivity contribution in [1.29, 1.82) is 0 Å². The lowest BCUT2D eigenvalue weighted by atomic mass is 9.77. The highest BCUT2D eigenvalue weighted by Gasteiger charge is 2.44. The average molecular weight is 415 g/mol. The summed E-state index contributed by atoms with van der Waals surface area (Å²) < 4.78 is 6.31. The number of ether oxygens (including phenoxy) is 1. The summed E-state index contributed by atoms with van der Waals surface area (Å²) in [5, 5.41) is 13.7. The molecule has 2 aromatic rings. The quantitative estimate of drug-likeness (QED) is 0.773. The average Bonchev–Trinajstić information content (AvgIpc) is 3.32. The van der Waals surface area contributed by atoms with E-state index in [0.717, 1.165) is 42.7 Å². The predicted molar refractivity (Wildman–Crippen MR) is 109 cm³/mol. The third-order valence-electron chi connectivity index (χ3n) is 6.26. The molecule has 5 rings (SSSR count). The van der Waals surface area contributed by atoms with Gasteiger partial charge in [0.2, 0.25) is 5.13 Å². The Labute approximate surface area is 174 Å². The molecule has 3 heterocycles. The van der Waals surface area contributed by atoms with Crippen LogP contribution in [0.2, 0.25) is 0 Å². The summed E-state index contributed by atoms with van der Waals surface area (Å²) in [4.78, 5) is 23.2. The minimum absolute atomic E-state index is 0.000567. The van der Waals surface area contributed by atoms with E-state index in [4.69, 9.17) is 4.74 Å². The van der Waals surface area contributed by atoms with Gasteiger partial charge in [-0.15, -0.1) is 10.2 Å². The zero-order valence-corrected chi connectivity index (χ0v) is 17.3. The maximum absolute atomic E-state index is 12.7. The van der Waals surface area contributed by atoms with Crippen molar-refractivity contribution < 1.29 is 9.53 Å². The number of carbonyl (C=O) groups is 1. The van der Waals surface area contributed by atoms with Crippen molar-refractivity contribution in [2.45, 2.75) is 44.8 Å². The molecular formula is C20H26N6O2S. The Morgan fingerprint density at radius 1 is 1.24 bits per heavy atom. The molecule has 0 unspecified atom stereocenters. The first-order valence-corrected chi connectivity index (χ1v) is 11.2. The van der Waals surface area contributed by atoms with Crippen LogP contribution < -0.4 is 10.2 Å². The number of aromatic nitrogens is 4. The normalized spacial score (nSPS) is 28.9. The molecule has 29 heavy (non-hydrogen) atoms. The highest BCUT2D eigenvalue weighted by molar-refractivity contribution is 7.15. The van der Waals surface area contributed by atoms with Gasteiger partial charge in [0.1, 0.15) is 10.7 Å². The molecule has 1 saturated heterocycles. The van der Waals surface area contributed by atoms with E-state index >= 15 is 0 Å². The van der Waals surface area contributed by atoms with Crippen molar-refractivity contribution in [2.24, 2.45) is 17.8 Å². The van der Waals surface area contributed by atoms with E-state index in [1.807, 2.05) is 6.92 Å². The number of aryl methyl sites for hydroxylation is 1. The zero-order valence-electron chi connectivity index (χ0n) is 16.5. The summed E-state index contributed by atoms with van der Waals surface area (Å²) >= 11 is 1.65. The second-order valence-electron chi connectivity index (χ2n) is 8.49. The van der Waals surface area contributed by atoms with Crippen molar-refractivity contribution in [3.05, 3.63) is 29.3 Å². The molecule has 1 amide bonds. The van der Waals surface area contributed by atoms with Crippen molar-refractivity contribution >= 4 is 22.4 Å². The fraction of sp³-hybridized carbons (Fsp3) is 0.650. The Morgan fingerprint density at radius 2 is 2.07 bits per heavy atom. The SMILES string of the molecule is Cc1nnc(N2C[C@H]3C[C@H](OCC4CC4)[C@@H](NC(=O)c4cnccn4)C[C@H]3C2)s1. The molecule has 2 saturated carbocycles. The van der Waals surface area contributed by atoms with Crippen LogP contribution in [0.5, 0.6) is 0 Å². The van der Waals surface area contributed by atoms with Crippen LogP contribution >= 0.6 is 11.3 Å². The number of anilines is 1. The van der Waals surface area contributed by atoms with Gasteiger partial charge in [-0.25, -0.2) is 4.98 Å². The van der Waals surface area contributed by atoms with Gasteiger partial charge in [0.25, 0.3) is 5.91 Å². The Morgan fingerprint density at radius 3 is 2.76 bits per heavy atom. The van der Waals surface area contributed by atoms with E-state index in [-0.39, 0.29) is 18.1 Å². The molecule has 8 nitrogen and oxygen atoms in total. The van der Waals surface area contributed by atoms with Gasteiger partial charge in [0.15, 0.2) is 0 Å². The molecule has 0 radical (unpaired) electrons. The Hall–Kier alpha value is -2.13. The van der Waals surface area contributed by atoms with E-state index in [2.05, 4.69) is 30.4 Å². The summed E-state index contributed by atoms with van der Waals surface area (Å²) in [7, 11) is 0. The molecule has 4 atom stereocenters. The van der Waals surface area contributed by atoms with Crippen molar-refractivity contribution in [3.63, 3.8) is 0 Å². The number of nitrogens with zero attached hydrogens (tertiary/aromatic N) is 5. The van der Waals surface area contributed by atoms with Crippen LogP contribution in [0, 0.1) is 24.7 Å². The van der Waals surface area contributed by atoms with Crippen LogP contribution in [0.15, 0.2) is 18.6 Å². The fourth-order valence-corrected chi connectivity index (χ4v) is 5.23. The zero-order chi connectivity index (χ0) is 19.8. The topological polar surface area (TPSA) is 93.1 Å². The lowest BCUT2D eigenvalue weighted by Gasteiger charge is -2.38. The number of rotatable bonds is 6. The van der Waals surface area contributed by atoms with Gasteiger partial charge >= 0.3 is 0 Å². The van der Waals surface area contributed by atoms with Crippen LogP contribution in [0.4, 0.5) is 5.13 Å². The van der Waals surface area contributed by atoms with Crippen molar-refractivity contribution in [3.8, 4) is 0 Å². The smallest absolute Gasteiger partial charge is 0.271 e. The standard InChI is InChI=1S/C20H26N6O2S/c1-12-24-25-20(29-12)26-9-14-6-16(23-19(27)17-8-21-4-5-22-17)18(7-15(14)10-26)28-11-13-2-3-13/h4-5,8,13-16,18H,2-3,6-7,9-11H2,1H3,(H,23,27)/t14-,15+,16-,18-/m0/s1. The van der Waals surface area contributed by atoms with E-state index < -0.39 is 0 Å². The lowest BCUT2D eigenvalue weighted by molar-refractivity contribution is -0.0212. The van der Waals surface area contributed by atoms with E-state index in [0.29, 0.717) is 23.4 Å². The van der Waals surface area contributed by atoms with Crippen LogP contribution in [0.25, 0.3) is 0 Å². The van der Waals surface area contributed by atoms with Crippen LogP contribution in [-0.2, 0) is 4.74 Å². The van der Waals surface area contributed by atoms with Crippen LogP contribution in [-0.4, -0.2) is 57.9 Å². The van der Waals surface area contributed by atoms with Crippen LogP contribution in [0.3, 0.4) is 0 Å². The molecular weight excluding hydrogens is 388 g/mol. The molecule has 3 fully saturated rings. The molecule has 0 bridgehead atoms. The van der Waals surface area contributed by atoms with Gasteiger partial charge in [-0.05, 0) is 50.4 Å². The third-order valence-corrected chi connectivity index (χ3v) is 7.16. The fourth-order valence-electron chi connectivity index (χ4n) is 4.52. The minimum atomic E-state index is -0.170. The van der Waals surface area contributed by atoms with E-state index in [1.54, 1.807) is 23.7 Å². The second kappa shape index (κ2) is 7.95. The molecule has 9 heteroatoms. The minimum Gasteiger partial charge on any atom is -0.376 e. The summed E-state index contributed by atoms with van der Waals surface area (Å²) in [5.74, 6) is 1.62. The Balaban J connectivity index is 1.28. The number of fused-ring (bicyclic) bond motifs is 1. The molecule has 3 aliphatic rings. The number of hydrogen-bond donors (Lipinski definition) is 1. The summed E-state index contributed by atoms with van der Waals surface area (Å²) in [6.45, 7) is 4.75. The number of carbonyl (C=O) groups excluding carboxylic acids is 1. The number of hydrogen-bond acceptors (Lipinski definition) is 8. The van der Waals surface area contributed by atoms with Gasteiger partial charge in [-0.3, -0.25) is 9.78 Å². The van der Waals surface area contributed by atoms with E-state index in [9.17, 15) is 4.79 Å². The first-order chi connectivity index (χ1) is 14.2. The third kappa shape index (κ3) is 4.25. The molecule has 0 spiro atoms. The Bertz CT molecular complexity index is 858. The first kappa shape index (κ1) is 18.9. The highest BCUT2D eigenvalue weighted by atomic mass is 32.1. The van der Waals surface area contributed by atoms with E-state index in [1.165, 1.54) is 19.0 Å². The summed E-state index contributed by atoms with van der Waals surface area (Å²) in [6.07, 6.45) is 9.10. The largest absolute Gasteiger partial charge is 0.376 e. The highest BCUT2D eigenvalue weighted by Crippen LogP contribution is 2.40. The molecule has 2 aliphatic carbocycles. The van der Waals surface area contributed by atoms with Gasteiger partial charge in [-0.2, -0.15) is 0 Å². The summed E-state index contributed by atoms with van der Waals surface area (Å²) in [6, 6.07) is 0.000567. The maximum Gasteiger partial charge on any atom is 0.271 e.